The minimum atomic E-state index is -0.952. The molecule has 6 rings (SSSR count). The number of piperidine rings is 1. The van der Waals surface area contributed by atoms with Crippen LogP contribution in [0, 0.1) is 5.92 Å². The third-order valence-electron chi connectivity index (χ3n) is 7.10. The van der Waals surface area contributed by atoms with Gasteiger partial charge in [0.1, 0.15) is 6.04 Å². The first-order chi connectivity index (χ1) is 16.5. The highest BCUT2D eigenvalue weighted by atomic mass is 16.2. The van der Waals surface area contributed by atoms with E-state index in [2.05, 4.69) is 32.5 Å². The molecule has 0 radical (unpaired) electrons. The second-order valence-corrected chi connectivity index (χ2v) is 9.23. The summed E-state index contributed by atoms with van der Waals surface area (Å²) < 4.78 is 2.11. The normalized spacial score (nSPS) is 24.2. The van der Waals surface area contributed by atoms with Gasteiger partial charge in [-0.25, -0.2) is 0 Å². The number of fused-ring (bicyclic) bond motifs is 2. The zero-order valence-electron chi connectivity index (χ0n) is 18.4. The van der Waals surface area contributed by atoms with E-state index in [-0.39, 0.29) is 29.9 Å². The van der Waals surface area contributed by atoms with E-state index >= 15 is 0 Å². The molecule has 3 heterocycles. The number of nitrogens with zero attached hydrogens (tertiary/aromatic N) is 3. The highest BCUT2D eigenvalue weighted by Crippen LogP contribution is 2.39. The molecule has 4 amide bonds. The molecule has 1 atom stereocenters. The SMILES string of the molecule is O=C1CCC(N2C(=O)c3ccc(NC[C@H]4C[C@H](n5ncc6ccccc65)C4)cc3C2=O)C(=O)N1. The van der Waals surface area contributed by atoms with Crippen LogP contribution in [0.15, 0.2) is 48.7 Å². The monoisotopic (exact) mass is 457 g/mol. The van der Waals surface area contributed by atoms with Crippen LogP contribution < -0.4 is 10.6 Å². The summed E-state index contributed by atoms with van der Waals surface area (Å²) in [7, 11) is 0. The second-order valence-electron chi connectivity index (χ2n) is 9.23. The maximum absolute atomic E-state index is 13.0. The van der Waals surface area contributed by atoms with Crippen LogP contribution in [0.25, 0.3) is 10.9 Å². The van der Waals surface area contributed by atoms with Gasteiger partial charge in [-0.15, -0.1) is 0 Å². The van der Waals surface area contributed by atoms with Crippen molar-refractivity contribution in [3.8, 4) is 0 Å². The van der Waals surface area contributed by atoms with Gasteiger partial charge in [-0.1, -0.05) is 18.2 Å². The molecular formula is C25H23N5O4. The smallest absolute Gasteiger partial charge is 0.262 e. The van der Waals surface area contributed by atoms with Gasteiger partial charge in [0.25, 0.3) is 11.8 Å². The van der Waals surface area contributed by atoms with E-state index in [1.54, 1.807) is 18.2 Å². The van der Waals surface area contributed by atoms with Crippen LogP contribution in [-0.4, -0.2) is 50.9 Å². The van der Waals surface area contributed by atoms with Crippen LogP contribution in [0.1, 0.15) is 52.4 Å². The number of anilines is 1. The molecule has 2 fully saturated rings. The zero-order valence-corrected chi connectivity index (χ0v) is 18.4. The Labute approximate surface area is 195 Å². The third kappa shape index (κ3) is 3.27. The van der Waals surface area contributed by atoms with Gasteiger partial charge < -0.3 is 5.32 Å². The van der Waals surface area contributed by atoms with Crippen molar-refractivity contribution in [3.05, 3.63) is 59.8 Å². The Morgan fingerprint density at radius 3 is 2.62 bits per heavy atom. The zero-order chi connectivity index (χ0) is 23.4. The molecular weight excluding hydrogens is 434 g/mol. The Kier molecular flexibility index (Phi) is 4.72. The van der Waals surface area contributed by atoms with Crippen molar-refractivity contribution in [1.29, 1.82) is 0 Å². The van der Waals surface area contributed by atoms with Gasteiger partial charge in [0.15, 0.2) is 0 Å². The Morgan fingerprint density at radius 1 is 1.00 bits per heavy atom. The summed E-state index contributed by atoms with van der Waals surface area (Å²) in [6.07, 6.45) is 4.19. The van der Waals surface area contributed by atoms with E-state index < -0.39 is 23.8 Å². The number of aromatic nitrogens is 2. The van der Waals surface area contributed by atoms with Gasteiger partial charge in [0, 0.05) is 24.0 Å². The summed E-state index contributed by atoms with van der Waals surface area (Å²) >= 11 is 0. The molecule has 34 heavy (non-hydrogen) atoms. The summed E-state index contributed by atoms with van der Waals surface area (Å²) in [6, 6.07) is 12.7. The predicted octanol–water partition coefficient (Wildman–Crippen LogP) is 2.50. The van der Waals surface area contributed by atoms with Crippen molar-refractivity contribution in [1.82, 2.24) is 20.0 Å². The molecule has 3 aromatic rings. The largest absolute Gasteiger partial charge is 0.385 e. The quantitative estimate of drug-likeness (QED) is 0.569. The molecule has 9 heteroatoms. The van der Waals surface area contributed by atoms with Gasteiger partial charge >= 0.3 is 0 Å². The Bertz CT molecular complexity index is 1360. The number of hydrogen-bond donors (Lipinski definition) is 2. The van der Waals surface area contributed by atoms with Gasteiger partial charge in [0.05, 0.1) is 28.9 Å². The number of benzene rings is 2. The minimum absolute atomic E-state index is 0.104. The average Bonchev–Trinajstić information content (AvgIpc) is 3.32. The first-order valence-corrected chi connectivity index (χ1v) is 11.5. The number of rotatable bonds is 5. The van der Waals surface area contributed by atoms with Crippen molar-refractivity contribution in [2.24, 2.45) is 5.92 Å². The predicted molar refractivity (Wildman–Crippen MR) is 123 cm³/mol. The molecule has 0 bridgehead atoms. The molecule has 3 aliphatic rings. The number of nitrogens with one attached hydrogen (secondary N) is 2. The molecule has 1 saturated carbocycles. The van der Waals surface area contributed by atoms with E-state index in [0.717, 1.165) is 40.9 Å². The third-order valence-corrected chi connectivity index (χ3v) is 7.10. The lowest BCUT2D eigenvalue weighted by Gasteiger charge is -2.36. The maximum Gasteiger partial charge on any atom is 0.262 e. The first kappa shape index (κ1) is 20.6. The summed E-state index contributed by atoms with van der Waals surface area (Å²) in [6.45, 7) is 0.757. The molecule has 2 aromatic carbocycles. The van der Waals surface area contributed by atoms with Crippen molar-refractivity contribution < 1.29 is 19.2 Å². The molecule has 2 aliphatic heterocycles. The summed E-state index contributed by atoms with van der Waals surface area (Å²) in [5, 5.41) is 11.3. The van der Waals surface area contributed by atoms with Crippen molar-refractivity contribution in [3.63, 3.8) is 0 Å². The van der Waals surface area contributed by atoms with Crippen LogP contribution in [0.3, 0.4) is 0 Å². The van der Waals surface area contributed by atoms with Crippen molar-refractivity contribution >= 4 is 40.2 Å². The fraction of sp³-hybridized carbons (Fsp3) is 0.320. The average molecular weight is 457 g/mol. The van der Waals surface area contributed by atoms with Gasteiger partial charge in [0.2, 0.25) is 11.8 Å². The van der Waals surface area contributed by atoms with Crippen molar-refractivity contribution in [2.75, 3.05) is 11.9 Å². The number of carbonyl (C=O) groups excluding carboxylic acids is 4. The summed E-state index contributed by atoms with van der Waals surface area (Å²) in [4.78, 5) is 50.4. The number of carbonyl (C=O) groups is 4. The second kappa shape index (κ2) is 7.79. The lowest BCUT2D eigenvalue weighted by molar-refractivity contribution is -0.136. The Hall–Kier alpha value is -4.01. The van der Waals surface area contributed by atoms with Crippen LogP contribution >= 0.6 is 0 Å². The van der Waals surface area contributed by atoms with Crippen LogP contribution in [-0.2, 0) is 9.59 Å². The van der Waals surface area contributed by atoms with E-state index in [1.165, 1.54) is 0 Å². The Morgan fingerprint density at radius 2 is 1.79 bits per heavy atom. The highest BCUT2D eigenvalue weighted by molar-refractivity contribution is 6.23. The fourth-order valence-electron chi connectivity index (χ4n) is 5.19. The van der Waals surface area contributed by atoms with Gasteiger partial charge in [-0.3, -0.25) is 34.1 Å². The standard InChI is InChI=1S/C25H23N5O4/c31-22-8-7-21(23(32)28-22)29-24(33)18-6-5-16(11-19(18)25(29)34)26-12-14-9-17(10-14)30-20-4-2-1-3-15(20)13-27-30/h1-6,11,13-14,17,21,26H,7-10,12H2,(H,28,31,32)/t14-,17-,21?. The molecule has 9 nitrogen and oxygen atoms in total. The van der Waals surface area contributed by atoms with Crippen LogP contribution in [0.5, 0.6) is 0 Å². The number of para-hydroxylation sites is 1. The molecule has 0 spiro atoms. The molecule has 1 unspecified atom stereocenters. The van der Waals surface area contributed by atoms with Crippen molar-refractivity contribution in [2.45, 2.75) is 37.8 Å². The van der Waals surface area contributed by atoms with Gasteiger partial charge in [-0.05, 0) is 49.4 Å². The number of amides is 4. The molecule has 2 N–H and O–H groups in total. The van der Waals surface area contributed by atoms with Gasteiger partial charge in [-0.2, -0.15) is 5.10 Å². The minimum Gasteiger partial charge on any atom is -0.385 e. The van der Waals surface area contributed by atoms with E-state index in [1.807, 2.05) is 18.3 Å². The lowest BCUT2D eigenvalue weighted by atomic mass is 9.80. The summed E-state index contributed by atoms with van der Waals surface area (Å²) in [5.74, 6) is -1.49. The van der Waals surface area contributed by atoms with E-state index in [4.69, 9.17) is 0 Å². The lowest BCUT2D eigenvalue weighted by Crippen LogP contribution is -2.54. The maximum atomic E-state index is 13.0. The Balaban J connectivity index is 1.10. The van der Waals surface area contributed by atoms with Crippen LogP contribution in [0.2, 0.25) is 0 Å². The first-order valence-electron chi connectivity index (χ1n) is 11.5. The molecule has 1 aliphatic carbocycles. The number of hydrogen-bond acceptors (Lipinski definition) is 6. The molecule has 172 valence electrons. The van der Waals surface area contributed by atoms with Crippen LogP contribution in [0.4, 0.5) is 5.69 Å². The van der Waals surface area contributed by atoms with E-state index in [9.17, 15) is 19.2 Å². The highest BCUT2D eigenvalue weighted by Gasteiger charge is 2.44. The molecule has 1 saturated heterocycles. The molecule has 1 aromatic heterocycles. The van der Waals surface area contributed by atoms with E-state index in [0.29, 0.717) is 12.0 Å². The summed E-state index contributed by atoms with van der Waals surface area (Å²) in [5.41, 5.74) is 2.49. The number of imide groups is 2. The topological polar surface area (TPSA) is 113 Å². The fourth-order valence-corrected chi connectivity index (χ4v) is 5.19.